The van der Waals surface area contributed by atoms with Crippen molar-refractivity contribution < 1.29 is 14.4 Å². The van der Waals surface area contributed by atoms with E-state index in [0.29, 0.717) is 25.7 Å². The molecule has 146 valence electrons. The van der Waals surface area contributed by atoms with E-state index in [-0.39, 0.29) is 35.5 Å². The van der Waals surface area contributed by atoms with Crippen molar-refractivity contribution >= 4 is 23.3 Å². The molecule has 1 saturated heterocycles. The molecule has 4 rings (SSSR count). The van der Waals surface area contributed by atoms with Gasteiger partial charge in [0.2, 0.25) is 17.7 Å². The Labute approximate surface area is 165 Å². The van der Waals surface area contributed by atoms with Crippen molar-refractivity contribution in [3.05, 3.63) is 53.2 Å². The van der Waals surface area contributed by atoms with Gasteiger partial charge in [-0.1, -0.05) is 35.9 Å². The van der Waals surface area contributed by atoms with Crippen LogP contribution in [0.2, 0.25) is 0 Å². The molecule has 28 heavy (non-hydrogen) atoms. The summed E-state index contributed by atoms with van der Waals surface area (Å²) in [4.78, 5) is 39.3. The Morgan fingerprint density at radius 1 is 1.00 bits per heavy atom. The molecular formula is C23H26N2O3. The minimum Gasteiger partial charge on any atom is -0.359 e. The highest BCUT2D eigenvalue weighted by molar-refractivity contribution is 6.07. The van der Waals surface area contributed by atoms with E-state index in [0.717, 1.165) is 12.1 Å². The van der Waals surface area contributed by atoms with Gasteiger partial charge in [0.25, 0.3) is 0 Å². The van der Waals surface area contributed by atoms with Crippen molar-refractivity contribution in [3.63, 3.8) is 0 Å². The number of nitrogens with zero attached hydrogens (tertiary/aromatic N) is 1. The highest BCUT2D eigenvalue weighted by atomic mass is 16.2. The highest BCUT2D eigenvalue weighted by Crippen LogP contribution is 2.43. The van der Waals surface area contributed by atoms with Gasteiger partial charge in [-0.3, -0.25) is 19.3 Å². The van der Waals surface area contributed by atoms with E-state index in [4.69, 9.17) is 0 Å². The summed E-state index contributed by atoms with van der Waals surface area (Å²) in [6.07, 6.45) is 7.19. The van der Waals surface area contributed by atoms with E-state index in [2.05, 4.69) is 36.5 Å². The molecule has 1 aliphatic heterocycles. The van der Waals surface area contributed by atoms with Crippen molar-refractivity contribution in [1.82, 2.24) is 10.2 Å². The zero-order chi connectivity index (χ0) is 19.8. The second kappa shape index (κ2) is 7.38. The van der Waals surface area contributed by atoms with Crippen LogP contribution in [0.25, 0.3) is 5.57 Å². The second-order valence-electron chi connectivity index (χ2n) is 8.07. The van der Waals surface area contributed by atoms with Crippen molar-refractivity contribution in [2.45, 2.75) is 39.0 Å². The first-order valence-corrected chi connectivity index (χ1v) is 10.1. The Morgan fingerprint density at radius 2 is 1.71 bits per heavy atom. The van der Waals surface area contributed by atoms with E-state index in [1.807, 2.05) is 12.2 Å². The summed E-state index contributed by atoms with van der Waals surface area (Å²) in [5, 5.41) is 2.67. The molecule has 0 spiro atoms. The van der Waals surface area contributed by atoms with Gasteiger partial charge in [-0.15, -0.1) is 0 Å². The van der Waals surface area contributed by atoms with Crippen LogP contribution in [0.1, 0.15) is 43.2 Å². The SMILES string of the molecule is CNC(=O)C1CCC2C(=O)N(C3=CC=C(c4ccc(C)cc4)CC3)C(=O)C2C1. The molecule has 1 aromatic carbocycles. The number of carbonyl (C=O) groups is 3. The third-order valence-corrected chi connectivity index (χ3v) is 6.38. The molecule has 0 bridgehead atoms. The van der Waals surface area contributed by atoms with Crippen LogP contribution < -0.4 is 5.32 Å². The summed E-state index contributed by atoms with van der Waals surface area (Å²) in [5.74, 6) is -1.02. The number of rotatable bonds is 3. The van der Waals surface area contributed by atoms with Crippen molar-refractivity contribution in [1.29, 1.82) is 0 Å². The maximum absolute atomic E-state index is 13.0. The molecule has 0 aromatic heterocycles. The molecule has 5 heteroatoms. The number of aryl methyl sites for hydroxylation is 1. The van der Waals surface area contributed by atoms with E-state index < -0.39 is 0 Å². The zero-order valence-corrected chi connectivity index (χ0v) is 16.4. The summed E-state index contributed by atoms with van der Waals surface area (Å²) >= 11 is 0. The number of imide groups is 1. The monoisotopic (exact) mass is 378 g/mol. The molecule has 3 atom stereocenters. The maximum Gasteiger partial charge on any atom is 0.237 e. The van der Waals surface area contributed by atoms with Crippen LogP contribution in [0.4, 0.5) is 0 Å². The van der Waals surface area contributed by atoms with E-state index >= 15 is 0 Å². The molecule has 5 nitrogen and oxygen atoms in total. The quantitative estimate of drug-likeness (QED) is 0.822. The van der Waals surface area contributed by atoms with Crippen LogP contribution in [0, 0.1) is 24.7 Å². The van der Waals surface area contributed by atoms with Crippen molar-refractivity contribution in [3.8, 4) is 0 Å². The van der Waals surface area contributed by atoms with Gasteiger partial charge < -0.3 is 5.32 Å². The fourth-order valence-electron chi connectivity index (χ4n) is 4.73. The molecule has 3 aliphatic rings. The number of hydrogen-bond donors (Lipinski definition) is 1. The maximum atomic E-state index is 13.0. The largest absolute Gasteiger partial charge is 0.359 e. The average molecular weight is 378 g/mol. The van der Waals surface area contributed by atoms with Crippen LogP contribution in [0.3, 0.4) is 0 Å². The topological polar surface area (TPSA) is 66.5 Å². The third kappa shape index (κ3) is 3.19. The van der Waals surface area contributed by atoms with E-state index in [1.165, 1.54) is 21.6 Å². The summed E-state index contributed by atoms with van der Waals surface area (Å²) < 4.78 is 0. The first-order valence-electron chi connectivity index (χ1n) is 10.1. The third-order valence-electron chi connectivity index (χ3n) is 6.38. The van der Waals surface area contributed by atoms with Crippen molar-refractivity contribution in [2.75, 3.05) is 7.05 Å². The lowest BCUT2D eigenvalue weighted by atomic mass is 9.75. The van der Waals surface area contributed by atoms with E-state index in [9.17, 15) is 14.4 Å². The number of amides is 3. The number of benzene rings is 1. The molecule has 3 unspecified atom stereocenters. The summed E-state index contributed by atoms with van der Waals surface area (Å²) in [6, 6.07) is 8.41. The van der Waals surface area contributed by atoms with Gasteiger partial charge >= 0.3 is 0 Å². The highest BCUT2D eigenvalue weighted by Gasteiger charge is 2.51. The summed E-state index contributed by atoms with van der Waals surface area (Å²) in [7, 11) is 1.62. The molecule has 2 aliphatic carbocycles. The summed E-state index contributed by atoms with van der Waals surface area (Å²) in [6.45, 7) is 2.07. The minimum atomic E-state index is -0.355. The first kappa shape index (κ1) is 18.7. The normalized spacial score (nSPS) is 27.2. The second-order valence-corrected chi connectivity index (χ2v) is 8.07. The lowest BCUT2D eigenvalue weighted by molar-refractivity contribution is -0.137. The molecule has 0 radical (unpaired) electrons. The molecule has 1 heterocycles. The Bertz CT molecular complexity index is 882. The molecule has 1 N–H and O–H groups in total. The average Bonchev–Trinajstić information content (AvgIpc) is 2.98. The Hall–Kier alpha value is -2.69. The predicted octanol–water partition coefficient (Wildman–Crippen LogP) is 3.20. The van der Waals surface area contributed by atoms with Gasteiger partial charge in [0.1, 0.15) is 0 Å². The number of carbonyl (C=O) groups excluding carboxylic acids is 3. The standard InChI is InChI=1S/C23H26N2O3/c1-14-3-5-15(6-4-14)16-7-10-18(11-8-16)25-22(27)19-12-9-17(21(26)24-2)13-20(19)23(25)28/h3-7,10,17,19-20H,8-9,11-13H2,1-2H3,(H,24,26). The zero-order valence-electron chi connectivity index (χ0n) is 16.4. The molecular weight excluding hydrogens is 352 g/mol. The molecule has 1 aromatic rings. The number of likely N-dealkylation sites (tertiary alicyclic amines) is 1. The fraction of sp³-hybridized carbons (Fsp3) is 0.435. The van der Waals surface area contributed by atoms with Crippen LogP contribution in [0.5, 0.6) is 0 Å². The molecule has 1 saturated carbocycles. The number of nitrogens with one attached hydrogen (secondary N) is 1. The van der Waals surface area contributed by atoms with Gasteiger partial charge in [-0.2, -0.15) is 0 Å². The lowest BCUT2D eigenvalue weighted by Crippen LogP contribution is -2.35. The smallest absolute Gasteiger partial charge is 0.237 e. The van der Waals surface area contributed by atoms with Crippen LogP contribution in [-0.4, -0.2) is 29.7 Å². The number of fused-ring (bicyclic) bond motifs is 1. The van der Waals surface area contributed by atoms with Crippen LogP contribution >= 0.6 is 0 Å². The van der Waals surface area contributed by atoms with Gasteiger partial charge in [-0.05, 0) is 56.2 Å². The minimum absolute atomic E-state index is 0.0281. The van der Waals surface area contributed by atoms with Gasteiger partial charge in [0.05, 0.1) is 11.8 Å². The van der Waals surface area contributed by atoms with Crippen molar-refractivity contribution in [2.24, 2.45) is 17.8 Å². The first-order chi connectivity index (χ1) is 13.5. The van der Waals surface area contributed by atoms with E-state index in [1.54, 1.807) is 7.05 Å². The Morgan fingerprint density at radius 3 is 2.36 bits per heavy atom. The van der Waals surface area contributed by atoms with Gasteiger partial charge in [0, 0.05) is 18.7 Å². The Kier molecular flexibility index (Phi) is 4.92. The number of hydrogen-bond acceptors (Lipinski definition) is 3. The lowest BCUT2D eigenvalue weighted by Gasteiger charge is -2.27. The fourth-order valence-corrected chi connectivity index (χ4v) is 4.73. The van der Waals surface area contributed by atoms with Gasteiger partial charge in [0.15, 0.2) is 0 Å². The van der Waals surface area contributed by atoms with Crippen LogP contribution in [-0.2, 0) is 14.4 Å². The predicted molar refractivity (Wildman–Crippen MR) is 107 cm³/mol. The number of allylic oxidation sites excluding steroid dienone is 4. The van der Waals surface area contributed by atoms with Gasteiger partial charge in [-0.25, -0.2) is 0 Å². The molecule has 3 amide bonds. The molecule has 2 fully saturated rings. The van der Waals surface area contributed by atoms with Crippen LogP contribution in [0.15, 0.2) is 42.1 Å². The summed E-state index contributed by atoms with van der Waals surface area (Å²) in [5.41, 5.74) is 4.42. The Balaban J connectivity index is 1.53.